The first-order valence-corrected chi connectivity index (χ1v) is 8.09. The summed E-state index contributed by atoms with van der Waals surface area (Å²) in [5.41, 5.74) is 1.15. The van der Waals surface area contributed by atoms with Crippen LogP contribution in [-0.2, 0) is 0 Å². The standard InChI is InChI=1S/C16H21N3O2S/c1-11-5-4-6-14(9-11)21-12(2)10-18-16(20)19-13(3)15-17-7-8-22-15/h4-9,12-13H,10H2,1-3H3,(H2,18,19,20)/t12-,13-/m1/s1. The molecule has 118 valence electrons. The number of aromatic nitrogens is 1. The fourth-order valence-electron chi connectivity index (χ4n) is 1.96. The Morgan fingerprint density at radius 1 is 1.41 bits per heavy atom. The molecule has 2 N–H and O–H groups in total. The number of nitrogens with zero attached hydrogens (tertiary/aromatic N) is 1. The first kappa shape index (κ1) is 16.3. The van der Waals surface area contributed by atoms with Crippen LogP contribution in [0.3, 0.4) is 0 Å². The molecule has 0 saturated carbocycles. The summed E-state index contributed by atoms with van der Waals surface area (Å²) in [4.78, 5) is 16.0. The van der Waals surface area contributed by atoms with Gasteiger partial charge in [0.15, 0.2) is 0 Å². The van der Waals surface area contributed by atoms with Gasteiger partial charge in [0.1, 0.15) is 16.9 Å². The second-order valence-electron chi connectivity index (χ2n) is 5.19. The van der Waals surface area contributed by atoms with E-state index in [0.717, 1.165) is 16.3 Å². The fraction of sp³-hybridized carbons (Fsp3) is 0.375. The molecule has 1 aromatic carbocycles. The molecule has 0 bridgehead atoms. The number of hydrogen-bond donors (Lipinski definition) is 2. The van der Waals surface area contributed by atoms with E-state index >= 15 is 0 Å². The molecule has 6 heteroatoms. The molecule has 5 nitrogen and oxygen atoms in total. The second-order valence-corrected chi connectivity index (χ2v) is 6.12. The van der Waals surface area contributed by atoms with E-state index in [4.69, 9.17) is 4.74 Å². The summed E-state index contributed by atoms with van der Waals surface area (Å²) in [6.07, 6.45) is 1.62. The van der Waals surface area contributed by atoms with Crippen molar-refractivity contribution in [3.8, 4) is 5.75 Å². The van der Waals surface area contributed by atoms with Crippen molar-refractivity contribution in [3.63, 3.8) is 0 Å². The number of carbonyl (C=O) groups excluding carboxylic acids is 1. The van der Waals surface area contributed by atoms with E-state index in [2.05, 4.69) is 15.6 Å². The van der Waals surface area contributed by atoms with Crippen LogP contribution in [-0.4, -0.2) is 23.7 Å². The van der Waals surface area contributed by atoms with Gasteiger partial charge in [-0.15, -0.1) is 11.3 Å². The van der Waals surface area contributed by atoms with Crippen molar-refractivity contribution < 1.29 is 9.53 Å². The molecule has 0 unspecified atom stereocenters. The van der Waals surface area contributed by atoms with Crippen LogP contribution in [0, 0.1) is 6.92 Å². The van der Waals surface area contributed by atoms with Gasteiger partial charge in [-0.05, 0) is 38.5 Å². The zero-order valence-corrected chi connectivity index (χ0v) is 13.8. The van der Waals surface area contributed by atoms with Gasteiger partial charge in [0.2, 0.25) is 0 Å². The Kier molecular flexibility index (Phi) is 5.77. The van der Waals surface area contributed by atoms with E-state index in [1.807, 2.05) is 50.4 Å². The number of ether oxygens (including phenoxy) is 1. The van der Waals surface area contributed by atoms with Crippen LogP contribution in [0.1, 0.15) is 30.5 Å². The van der Waals surface area contributed by atoms with Gasteiger partial charge < -0.3 is 15.4 Å². The van der Waals surface area contributed by atoms with Crippen LogP contribution in [0.2, 0.25) is 0 Å². The van der Waals surface area contributed by atoms with Gasteiger partial charge in [0.25, 0.3) is 0 Å². The van der Waals surface area contributed by atoms with E-state index in [9.17, 15) is 4.79 Å². The van der Waals surface area contributed by atoms with Gasteiger partial charge in [-0.25, -0.2) is 9.78 Å². The summed E-state index contributed by atoms with van der Waals surface area (Å²) >= 11 is 1.52. The minimum absolute atomic E-state index is 0.104. The Morgan fingerprint density at radius 3 is 2.91 bits per heavy atom. The number of nitrogens with one attached hydrogen (secondary N) is 2. The minimum atomic E-state index is -0.220. The zero-order valence-electron chi connectivity index (χ0n) is 13.0. The first-order valence-electron chi connectivity index (χ1n) is 7.21. The predicted molar refractivity (Wildman–Crippen MR) is 88.3 cm³/mol. The Balaban J connectivity index is 1.73. The summed E-state index contributed by atoms with van der Waals surface area (Å²) in [6, 6.07) is 7.53. The molecule has 0 aliphatic rings. The Morgan fingerprint density at radius 2 is 2.23 bits per heavy atom. The number of thiazole rings is 1. The highest BCUT2D eigenvalue weighted by molar-refractivity contribution is 7.09. The van der Waals surface area contributed by atoms with Crippen LogP contribution in [0.25, 0.3) is 0 Å². The molecule has 2 amide bonds. The Labute approximate surface area is 134 Å². The smallest absolute Gasteiger partial charge is 0.315 e. The summed E-state index contributed by atoms with van der Waals surface area (Å²) in [5.74, 6) is 0.811. The van der Waals surface area contributed by atoms with Crippen LogP contribution in [0.4, 0.5) is 4.79 Å². The highest BCUT2D eigenvalue weighted by Crippen LogP contribution is 2.15. The highest BCUT2D eigenvalue weighted by atomic mass is 32.1. The Hall–Kier alpha value is -2.08. The maximum atomic E-state index is 11.9. The van der Waals surface area contributed by atoms with Crippen molar-refractivity contribution in [2.45, 2.75) is 32.9 Å². The van der Waals surface area contributed by atoms with E-state index in [1.165, 1.54) is 11.3 Å². The maximum Gasteiger partial charge on any atom is 0.315 e. The van der Waals surface area contributed by atoms with Gasteiger partial charge in [0.05, 0.1) is 12.6 Å². The average Bonchev–Trinajstić information content (AvgIpc) is 2.99. The van der Waals surface area contributed by atoms with Gasteiger partial charge in [-0.1, -0.05) is 12.1 Å². The lowest BCUT2D eigenvalue weighted by atomic mass is 10.2. The summed E-state index contributed by atoms with van der Waals surface area (Å²) in [7, 11) is 0. The van der Waals surface area contributed by atoms with E-state index in [-0.39, 0.29) is 18.2 Å². The summed E-state index contributed by atoms with van der Waals surface area (Å²) in [6.45, 7) is 6.28. The molecule has 0 spiro atoms. The minimum Gasteiger partial charge on any atom is -0.489 e. The second kappa shape index (κ2) is 7.79. The molecule has 0 aliphatic carbocycles. The number of urea groups is 1. The molecular weight excluding hydrogens is 298 g/mol. The van der Waals surface area contributed by atoms with Crippen molar-refractivity contribution in [2.75, 3.05) is 6.54 Å². The number of aryl methyl sites for hydroxylation is 1. The number of benzene rings is 1. The normalized spacial score (nSPS) is 13.2. The molecule has 22 heavy (non-hydrogen) atoms. The third-order valence-corrected chi connectivity index (χ3v) is 4.00. The zero-order chi connectivity index (χ0) is 15.9. The molecule has 0 saturated heterocycles. The topological polar surface area (TPSA) is 63.2 Å². The third kappa shape index (κ3) is 5.04. The first-order chi connectivity index (χ1) is 10.5. The maximum absolute atomic E-state index is 11.9. The van der Waals surface area contributed by atoms with E-state index in [1.54, 1.807) is 6.20 Å². The lowest BCUT2D eigenvalue weighted by molar-refractivity contribution is 0.206. The van der Waals surface area contributed by atoms with Crippen molar-refractivity contribution in [1.29, 1.82) is 0 Å². The van der Waals surface area contributed by atoms with Gasteiger partial charge in [0, 0.05) is 11.6 Å². The van der Waals surface area contributed by atoms with Gasteiger partial charge in [-0.3, -0.25) is 0 Å². The molecule has 2 rings (SSSR count). The monoisotopic (exact) mass is 319 g/mol. The van der Waals surface area contributed by atoms with Crippen LogP contribution < -0.4 is 15.4 Å². The molecule has 0 fully saturated rings. The number of carbonyl (C=O) groups is 1. The van der Waals surface area contributed by atoms with Gasteiger partial charge >= 0.3 is 6.03 Å². The molecule has 2 aromatic rings. The van der Waals surface area contributed by atoms with Crippen LogP contribution in [0.15, 0.2) is 35.8 Å². The summed E-state index contributed by atoms with van der Waals surface area (Å²) < 4.78 is 5.77. The Bertz CT molecular complexity index is 601. The molecule has 1 heterocycles. The third-order valence-electron chi connectivity index (χ3n) is 3.05. The van der Waals surface area contributed by atoms with E-state index in [0.29, 0.717) is 6.54 Å². The van der Waals surface area contributed by atoms with Crippen molar-refractivity contribution in [3.05, 3.63) is 46.4 Å². The van der Waals surface area contributed by atoms with Crippen molar-refractivity contribution >= 4 is 17.4 Å². The van der Waals surface area contributed by atoms with Crippen molar-refractivity contribution in [2.24, 2.45) is 0 Å². The molecule has 1 aromatic heterocycles. The lowest BCUT2D eigenvalue weighted by Gasteiger charge is -2.17. The summed E-state index contributed by atoms with van der Waals surface area (Å²) in [5, 5.41) is 8.45. The SMILES string of the molecule is Cc1cccc(O[C@H](C)CNC(=O)N[C@H](C)c2nccs2)c1. The molecule has 0 aliphatic heterocycles. The number of rotatable bonds is 6. The lowest BCUT2D eigenvalue weighted by Crippen LogP contribution is -2.41. The van der Waals surface area contributed by atoms with Crippen LogP contribution in [0.5, 0.6) is 5.75 Å². The van der Waals surface area contributed by atoms with Crippen molar-refractivity contribution in [1.82, 2.24) is 15.6 Å². The highest BCUT2D eigenvalue weighted by Gasteiger charge is 2.12. The van der Waals surface area contributed by atoms with E-state index < -0.39 is 0 Å². The van der Waals surface area contributed by atoms with Gasteiger partial charge in [-0.2, -0.15) is 0 Å². The molecule has 2 atom stereocenters. The van der Waals surface area contributed by atoms with Crippen LogP contribution >= 0.6 is 11.3 Å². The predicted octanol–water partition coefficient (Wildman–Crippen LogP) is 3.28. The quantitative estimate of drug-likeness (QED) is 0.859. The molecule has 0 radical (unpaired) electrons. The number of amides is 2. The average molecular weight is 319 g/mol. The molecular formula is C16H21N3O2S. The largest absolute Gasteiger partial charge is 0.489 e. The number of hydrogen-bond acceptors (Lipinski definition) is 4. The fourth-order valence-corrected chi connectivity index (χ4v) is 2.60.